The van der Waals surface area contributed by atoms with Gasteiger partial charge >= 0.3 is 6.18 Å². The lowest BCUT2D eigenvalue weighted by Crippen LogP contribution is -2.30. The van der Waals surface area contributed by atoms with Gasteiger partial charge in [0.15, 0.2) is 0 Å². The lowest BCUT2D eigenvalue weighted by Gasteiger charge is -2.23. The number of ether oxygens (including phenoxy) is 2. The van der Waals surface area contributed by atoms with Gasteiger partial charge in [-0.15, -0.1) is 0 Å². The van der Waals surface area contributed by atoms with Gasteiger partial charge in [0.2, 0.25) is 5.13 Å². The van der Waals surface area contributed by atoms with Crippen molar-refractivity contribution in [3.05, 3.63) is 82.7 Å². The Balaban J connectivity index is 1.57. The number of hydrogen-bond donors (Lipinski definition) is 0. The molecule has 214 valence electrons. The molecule has 2 heterocycles. The van der Waals surface area contributed by atoms with Crippen LogP contribution in [0.1, 0.15) is 11.1 Å². The van der Waals surface area contributed by atoms with Crippen molar-refractivity contribution in [1.82, 2.24) is 13.9 Å². The summed E-state index contributed by atoms with van der Waals surface area (Å²) >= 11 is 4.20. The molecule has 0 saturated heterocycles. The summed E-state index contributed by atoms with van der Waals surface area (Å²) in [5.74, 6) is 0.999. The fourth-order valence-electron chi connectivity index (χ4n) is 4.45. The Morgan fingerprint density at radius 1 is 1.02 bits per heavy atom. The van der Waals surface area contributed by atoms with Crippen LogP contribution in [0.25, 0.3) is 22.0 Å². The summed E-state index contributed by atoms with van der Waals surface area (Å²) in [6.07, 6.45) is -1.45. The van der Waals surface area contributed by atoms with Crippen molar-refractivity contribution in [1.29, 1.82) is 0 Å². The summed E-state index contributed by atoms with van der Waals surface area (Å²) in [5, 5.41) is 0.843. The molecule has 0 bridgehead atoms. The summed E-state index contributed by atoms with van der Waals surface area (Å²) in [5.41, 5.74) is 1.58. The van der Waals surface area contributed by atoms with Crippen molar-refractivity contribution in [2.24, 2.45) is 7.05 Å². The lowest BCUT2D eigenvalue weighted by molar-refractivity contribution is -0.137. The standard InChI is InChI=1S/C27H22BrF3N4O4S2/c1-34-14-22(20-8-5-17(10-23(20)28)27(29,30)31)21-9-7-19(12-24(21)34)41(36,37)35(26-32-15-33-40-26)13-16-4-6-18(38-2)11-25(16)39-3/h4-12,14-15H,13H2,1-3H3. The van der Waals surface area contributed by atoms with Crippen LogP contribution < -0.4 is 13.8 Å². The van der Waals surface area contributed by atoms with Crippen LogP contribution in [-0.4, -0.2) is 36.6 Å². The molecule has 3 aromatic carbocycles. The third kappa shape index (κ3) is 5.51. The minimum absolute atomic E-state index is 0.00640. The van der Waals surface area contributed by atoms with E-state index in [-0.39, 0.29) is 21.0 Å². The van der Waals surface area contributed by atoms with Gasteiger partial charge in [-0.25, -0.2) is 17.7 Å². The summed E-state index contributed by atoms with van der Waals surface area (Å²) in [7, 11) is 0.597. The van der Waals surface area contributed by atoms with E-state index in [0.29, 0.717) is 39.1 Å². The molecule has 2 aromatic heterocycles. The number of anilines is 1. The van der Waals surface area contributed by atoms with E-state index in [9.17, 15) is 21.6 Å². The van der Waals surface area contributed by atoms with E-state index < -0.39 is 21.8 Å². The van der Waals surface area contributed by atoms with Crippen LogP contribution >= 0.6 is 27.5 Å². The molecule has 0 fully saturated rings. The fourth-order valence-corrected chi connectivity index (χ4v) is 7.19. The molecular formula is C27H22BrF3N4O4S2. The Hall–Kier alpha value is -3.62. The highest BCUT2D eigenvalue weighted by Crippen LogP contribution is 2.40. The van der Waals surface area contributed by atoms with E-state index in [1.807, 2.05) is 0 Å². The zero-order chi connectivity index (χ0) is 29.5. The molecule has 0 N–H and O–H groups in total. The predicted molar refractivity (Wildman–Crippen MR) is 154 cm³/mol. The molecule has 14 heteroatoms. The van der Waals surface area contributed by atoms with Crippen molar-refractivity contribution >= 4 is 53.5 Å². The minimum atomic E-state index is -4.47. The van der Waals surface area contributed by atoms with E-state index in [4.69, 9.17) is 9.47 Å². The maximum absolute atomic E-state index is 14.1. The van der Waals surface area contributed by atoms with Gasteiger partial charge in [-0.3, -0.25) is 0 Å². The van der Waals surface area contributed by atoms with E-state index in [2.05, 4.69) is 25.3 Å². The summed E-state index contributed by atoms with van der Waals surface area (Å²) in [6, 6.07) is 13.2. The zero-order valence-corrected chi connectivity index (χ0v) is 25.0. The van der Waals surface area contributed by atoms with Crippen molar-refractivity contribution < 1.29 is 31.1 Å². The second-order valence-corrected chi connectivity index (χ2v) is 12.4. The molecule has 5 aromatic rings. The minimum Gasteiger partial charge on any atom is -0.497 e. The summed E-state index contributed by atoms with van der Waals surface area (Å²) < 4.78 is 85.5. The number of hydrogen-bond acceptors (Lipinski definition) is 7. The number of halogens is 4. The van der Waals surface area contributed by atoms with Crippen molar-refractivity contribution in [2.45, 2.75) is 17.6 Å². The number of rotatable bonds is 8. The van der Waals surface area contributed by atoms with Gasteiger partial charge in [0.25, 0.3) is 10.0 Å². The van der Waals surface area contributed by atoms with Gasteiger partial charge in [0, 0.05) is 57.3 Å². The molecule has 0 aliphatic carbocycles. The fraction of sp³-hybridized carbons (Fsp3) is 0.185. The average molecular weight is 668 g/mol. The number of benzene rings is 3. The molecular weight excluding hydrogens is 645 g/mol. The molecule has 0 atom stereocenters. The molecule has 0 amide bonds. The second kappa shape index (κ2) is 11.0. The highest BCUT2D eigenvalue weighted by Gasteiger charge is 2.32. The molecule has 5 rings (SSSR count). The molecule has 41 heavy (non-hydrogen) atoms. The van der Waals surface area contributed by atoms with Gasteiger partial charge in [-0.05, 0) is 42.0 Å². The van der Waals surface area contributed by atoms with Gasteiger partial charge in [0.05, 0.1) is 31.2 Å². The number of fused-ring (bicyclic) bond motifs is 1. The van der Waals surface area contributed by atoms with Gasteiger partial charge in [-0.1, -0.05) is 28.1 Å². The number of nitrogens with zero attached hydrogens (tertiary/aromatic N) is 4. The first kappa shape index (κ1) is 28.9. The van der Waals surface area contributed by atoms with Crippen LogP contribution in [0, 0.1) is 0 Å². The molecule has 8 nitrogen and oxygen atoms in total. The summed E-state index contributed by atoms with van der Waals surface area (Å²) in [6.45, 7) is -0.0837. The van der Waals surface area contributed by atoms with E-state index in [1.165, 1.54) is 38.7 Å². The predicted octanol–water partition coefficient (Wildman–Crippen LogP) is 6.89. The van der Waals surface area contributed by atoms with Crippen LogP contribution in [-0.2, 0) is 29.8 Å². The first-order valence-corrected chi connectivity index (χ1v) is 14.9. The van der Waals surface area contributed by atoms with Gasteiger partial charge < -0.3 is 14.0 Å². The van der Waals surface area contributed by atoms with Crippen molar-refractivity contribution in [3.63, 3.8) is 0 Å². The molecule has 0 saturated carbocycles. The Kier molecular flexibility index (Phi) is 7.74. The monoisotopic (exact) mass is 666 g/mol. The smallest absolute Gasteiger partial charge is 0.416 e. The Labute approximate surface area is 246 Å². The molecule has 0 spiro atoms. The lowest BCUT2D eigenvalue weighted by atomic mass is 10.0. The molecule has 0 aliphatic heterocycles. The van der Waals surface area contributed by atoms with Crippen LogP contribution in [0.4, 0.5) is 18.3 Å². The zero-order valence-electron chi connectivity index (χ0n) is 21.8. The van der Waals surface area contributed by atoms with Gasteiger partial charge in [0.1, 0.15) is 17.8 Å². The third-order valence-electron chi connectivity index (χ3n) is 6.51. The Bertz CT molecular complexity index is 1840. The Morgan fingerprint density at radius 3 is 2.44 bits per heavy atom. The highest BCUT2D eigenvalue weighted by molar-refractivity contribution is 9.10. The van der Waals surface area contributed by atoms with Crippen LogP contribution in [0.2, 0.25) is 0 Å². The van der Waals surface area contributed by atoms with E-state index in [1.54, 1.807) is 42.1 Å². The normalized spacial score (nSPS) is 12.1. The number of sulfonamides is 1. The number of alkyl halides is 3. The van der Waals surface area contributed by atoms with Crippen molar-refractivity contribution in [2.75, 3.05) is 18.5 Å². The molecule has 0 aliphatic rings. The largest absolute Gasteiger partial charge is 0.497 e. The third-order valence-corrected chi connectivity index (χ3v) is 9.70. The molecule has 0 radical (unpaired) electrons. The van der Waals surface area contributed by atoms with E-state index in [0.717, 1.165) is 28.0 Å². The Morgan fingerprint density at radius 2 is 1.80 bits per heavy atom. The highest BCUT2D eigenvalue weighted by atomic mass is 79.9. The first-order valence-electron chi connectivity index (χ1n) is 11.9. The number of aromatic nitrogens is 3. The van der Waals surface area contributed by atoms with Crippen LogP contribution in [0.15, 0.2) is 76.5 Å². The van der Waals surface area contributed by atoms with Crippen molar-refractivity contribution in [3.8, 4) is 22.6 Å². The quantitative estimate of drug-likeness (QED) is 0.179. The van der Waals surface area contributed by atoms with Crippen LogP contribution in [0.5, 0.6) is 11.5 Å². The second-order valence-electron chi connectivity index (χ2n) is 8.94. The first-order chi connectivity index (χ1) is 19.4. The SMILES string of the molecule is COc1ccc(CN(c2ncns2)S(=O)(=O)c2ccc3c(-c4ccc(C(F)(F)F)cc4Br)cn(C)c3c2)c(OC)c1. The number of methoxy groups -OCH3 is 2. The van der Waals surface area contributed by atoms with Crippen LogP contribution in [0.3, 0.4) is 0 Å². The van der Waals surface area contributed by atoms with Gasteiger partial charge in [-0.2, -0.15) is 17.5 Å². The molecule has 0 unspecified atom stereocenters. The maximum Gasteiger partial charge on any atom is 0.416 e. The maximum atomic E-state index is 14.1. The average Bonchev–Trinajstić information content (AvgIpc) is 3.59. The van der Waals surface area contributed by atoms with E-state index >= 15 is 0 Å². The number of aryl methyl sites for hydroxylation is 1. The topological polar surface area (TPSA) is 86.5 Å². The summed E-state index contributed by atoms with van der Waals surface area (Å²) in [4.78, 5) is 4.16.